The second kappa shape index (κ2) is 10.7. The summed E-state index contributed by atoms with van der Waals surface area (Å²) in [4.78, 5) is 28.2. The van der Waals surface area contributed by atoms with Gasteiger partial charge in [-0.1, -0.05) is 49.6 Å². The third-order valence-electron chi connectivity index (χ3n) is 6.41. The third-order valence-corrected chi connectivity index (χ3v) is 6.89. The van der Waals surface area contributed by atoms with Gasteiger partial charge in [-0.25, -0.2) is 0 Å². The number of ether oxygens (including phenoxy) is 2. The molecule has 8 heteroatoms. The Morgan fingerprint density at radius 2 is 1.82 bits per heavy atom. The van der Waals surface area contributed by atoms with Gasteiger partial charge in [-0.3, -0.25) is 9.59 Å². The molecule has 1 aliphatic carbocycles. The first-order valence-corrected chi connectivity index (χ1v) is 12.2. The maximum atomic E-state index is 13.7. The molecule has 0 bridgehead atoms. The zero-order chi connectivity index (χ0) is 23.4. The Hall–Kier alpha value is -2.44. The standard InChI is InChI=1S/C25H28Cl2N2O4/c1-16-4-2-3-5-20(16)28-25(31)24(18-7-9-19(27)10-8-18)29(23(30)13-26)14-17-6-11-21-22(12-17)33-15-32-21/h6-12,16,20,24H,2-5,13-15H2,1H3,(H,28,31)/t16-,20-,24-/m1/s1. The van der Waals surface area contributed by atoms with Gasteiger partial charge in [0.05, 0.1) is 0 Å². The van der Waals surface area contributed by atoms with E-state index in [4.69, 9.17) is 32.7 Å². The van der Waals surface area contributed by atoms with Crippen molar-refractivity contribution in [1.82, 2.24) is 10.2 Å². The number of halogens is 2. The van der Waals surface area contributed by atoms with Crippen LogP contribution < -0.4 is 14.8 Å². The Morgan fingerprint density at radius 3 is 2.55 bits per heavy atom. The van der Waals surface area contributed by atoms with E-state index >= 15 is 0 Å². The number of hydrogen-bond acceptors (Lipinski definition) is 4. The van der Waals surface area contributed by atoms with E-state index < -0.39 is 6.04 Å². The highest BCUT2D eigenvalue weighted by Gasteiger charge is 2.34. The summed E-state index contributed by atoms with van der Waals surface area (Å²) in [6.45, 7) is 2.53. The molecular formula is C25H28Cl2N2O4. The molecule has 1 N–H and O–H groups in total. The highest BCUT2D eigenvalue weighted by Crippen LogP contribution is 2.34. The monoisotopic (exact) mass is 490 g/mol. The van der Waals surface area contributed by atoms with Gasteiger partial charge >= 0.3 is 0 Å². The lowest BCUT2D eigenvalue weighted by atomic mass is 9.85. The molecule has 176 valence electrons. The van der Waals surface area contributed by atoms with Gasteiger partial charge in [-0.15, -0.1) is 11.6 Å². The molecule has 2 aliphatic rings. The van der Waals surface area contributed by atoms with Gasteiger partial charge < -0.3 is 19.7 Å². The van der Waals surface area contributed by atoms with Crippen LogP contribution in [0.1, 0.15) is 49.8 Å². The minimum absolute atomic E-state index is 0.0829. The predicted octanol–water partition coefficient (Wildman–Crippen LogP) is 5.07. The van der Waals surface area contributed by atoms with Gasteiger partial charge in [-0.2, -0.15) is 0 Å². The molecule has 0 aromatic heterocycles. The fourth-order valence-corrected chi connectivity index (χ4v) is 4.83. The van der Waals surface area contributed by atoms with Crippen molar-refractivity contribution in [1.29, 1.82) is 0 Å². The van der Waals surface area contributed by atoms with Crippen LogP contribution in [-0.4, -0.2) is 35.4 Å². The summed E-state index contributed by atoms with van der Waals surface area (Å²) in [5, 5.41) is 3.78. The number of benzene rings is 2. The second-order valence-corrected chi connectivity index (χ2v) is 9.38. The molecule has 2 aromatic carbocycles. The van der Waals surface area contributed by atoms with Gasteiger partial charge in [0.25, 0.3) is 0 Å². The van der Waals surface area contributed by atoms with Crippen molar-refractivity contribution in [2.24, 2.45) is 5.92 Å². The summed E-state index contributed by atoms with van der Waals surface area (Å²) in [6, 6.07) is 11.8. The van der Waals surface area contributed by atoms with Crippen molar-refractivity contribution in [3.8, 4) is 11.5 Å². The van der Waals surface area contributed by atoms with Crippen LogP contribution in [0.3, 0.4) is 0 Å². The van der Waals surface area contributed by atoms with Crippen LogP contribution in [0.15, 0.2) is 42.5 Å². The average molecular weight is 491 g/mol. The number of fused-ring (bicyclic) bond motifs is 1. The summed E-state index contributed by atoms with van der Waals surface area (Å²) in [5.74, 6) is 0.888. The molecular weight excluding hydrogens is 463 g/mol. The lowest BCUT2D eigenvalue weighted by Gasteiger charge is -2.35. The van der Waals surface area contributed by atoms with Crippen LogP contribution in [0.2, 0.25) is 5.02 Å². The second-order valence-electron chi connectivity index (χ2n) is 8.67. The Kier molecular flexibility index (Phi) is 7.66. The smallest absolute Gasteiger partial charge is 0.247 e. The first-order chi connectivity index (χ1) is 16.0. The van der Waals surface area contributed by atoms with Gasteiger partial charge in [-0.05, 0) is 54.2 Å². The fraction of sp³-hybridized carbons (Fsp3) is 0.440. The SMILES string of the molecule is C[C@@H]1CCCC[C@H]1NC(=O)[C@@H](c1ccc(Cl)cc1)N(Cc1ccc2c(c1)OCO2)C(=O)CCl. The molecule has 1 saturated carbocycles. The fourth-order valence-electron chi connectivity index (χ4n) is 4.55. The van der Waals surface area contributed by atoms with Crippen LogP contribution >= 0.6 is 23.2 Å². The largest absolute Gasteiger partial charge is 0.454 e. The van der Waals surface area contributed by atoms with Crippen LogP contribution in [0.5, 0.6) is 11.5 Å². The Labute approximate surface area is 204 Å². The Balaban J connectivity index is 1.66. The zero-order valence-electron chi connectivity index (χ0n) is 18.6. The van der Waals surface area contributed by atoms with E-state index in [-0.39, 0.29) is 37.1 Å². The Bertz CT molecular complexity index is 998. The molecule has 0 saturated heterocycles. The third kappa shape index (κ3) is 5.56. The number of carbonyl (C=O) groups excluding carboxylic acids is 2. The molecule has 1 aliphatic heterocycles. The summed E-state index contributed by atoms with van der Waals surface area (Å²) < 4.78 is 10.9. The minimum Gasteiger partial charge on any atom is -0.454 e. The maximum Gasteiger partial charge on any atom is 0.247 e. The predicted molar refractivity (Wildman–Crippen MR) is 128 cm³/mol. The van der Waals surface area contributed by atoms with E-state index in [0.29, 0.717) is 28.0 Å². The molecule has 33 heavy (non-hydrogen) atoms. The van der Waals surface area contributed by atoms with Crippen molar-refractivity contribution < 1.29 is 19.1 Å². The van der Waals surface area contributed by atoms with Crippen molar-refractivity contribution in [2.45, 2.75) is 51.2 Å². The summed E-state index contributed by atoms with van der Waals surface area (Å²) >= 11 is 12.1. The Morgan fingerprint density at radius 1 is 1.09 bits per heavy atom. The van der Waals surface area contributed by atoms with Crippen molar-refractivity contribution in [3.63, 3.8) is 0 Å². The summed E-state index contributed by atoms with van der Waals surface area (Å²) in [6.07, 6.45) is 4.28. The summed E-state index contributed by atoms with van der Waals surface area (Å²) in [5.41, 5.74) is 1.50. The highest BCUT2D eigenvalue weighted by molar-refractivity contribution is 6.30. The van der Waals surface area contributed by atoms with E-state index in [1.165, 1.54) is 11.3 Å². The average Bonchev–Trinajstić information content (AvgIpc) is 3.29. The summed E-state index contributed by atoms with van der Waals surface area (Å²) in [7, 11) is 0. The van der Waals surface area contributed by atoms with Gasteiger partial charge in [0, 0.05) is 17.6 Å². The number of alkyl halides is 1. The first-order valence-electron chi connectivity index (χ1n) is 11.3. The van der Waals surface area contributed by atoms with Crippen LogP contribution in [0, 0.1) is 5.92 Å². The molecule has 2 amide bonds. The molecule has 0 unspecified atom stereocenters. The van der Waals surface area contributed by atoms with Crippen molar-refractivity contribution >= 4 is 35.0 Å². The highest BCUT2D eigenvalue weighted by atomic mass is 35.5. The molecule has 4 rings (SSSR count). The first kappa shape index (κ1) is 23.7. The minimum atomic E-state index is -0.840. The van der Waals surface area contributed by atoms with E-state index in [1.54, 1.807) is 24.3 Å². The van der Waals surface area contributed by atoms with Gasteiger partial charge in [0.15, 0.2) is 11.5 Å². The van der Waals surface area contributed by atoms with E-state index in [1.807, 2.05) is 18.2 Å². The topological polar surface area (TPSA) is 67.9 Å². The van der Waals surface area contributed by atoms with E-state index in [2.05, 4.69) is 12.2 Å². The number of hydrogen-bond donors (Lipinski definition) is 1. The van der Waals surface area contributed by atoms with Gasteiger partial charge in [0.1, 0.15) is 11.9 Å². The van der Waals surface area contributed by atoms with Crippen LogP contribution in [0.4, 0.5) is 0 Å². The molecule has 2 aromatic rings. The normalized spacial score (nSPS) is 20.2. The number of nitrogens with zero attached hydrogens (tertiary/aromatic N) is 1. The van der Waals surface area contributed by atoms with Crippen molar-refractivity contribution in [2.75, 3.05) is 12.7 Å². The van der Waals surface area contributed by atoms with Crippen LogP contribution in [0.25, 0.3) is 0 Å². The van der Waals surface area contributed by atoms with Gasteiger partial charge in [0.2, 0.25) is 18.6 Å². The number of rotatable bonds is 7. The number of amides is 2. The molecule has 0 radical (unpaired) electrons. The molecule has 3 atom stereocenters. The van der Waals surface area contributed by atoms with E-state index in [9.17, 15) is 9.59 Å². The number of carbonyl (C=O) groups is 2. The zero-order valence-corrected chi connectivity index (χ0v) is 20.1. The lowest BCUT2D eigenvalue weighted by molar-refractivity contribution is -0.140. The molecule has 0 spiro atoms. The molecule has 1 heterocycles. The quantitative estimate of drug-likeness (QED) is 0.549. The number of nitrogens with one attached hydrogen (secondary N) is 1. The molecule has 6 nitrogen and oxygen atoms in total. The molecule has 1 fully saturated rings. The van der Waals surface area contributed by atoms with Crippen LogP contribution in [-0.2, 0) is 16.1 Å². The van der Waals surface area contributed by atoms with Crippen molar-refractivity contribution in [3.05, 3.63) is 58.6 Å². The maximum absolute atomic E-state index is 13.7. The lowest BCUT2D eigenvalue weighted by Crippen LogP contribution is -2.49. The van der Waals surface area contributed by atoms with E-state index in [0.717, 1.165) is 24.8 Å².